The molecule has 0 saturated carbocycles. The molecule has 6 heteroatoms. The molecule has 0 amide bonds. The predicted molar refractivity (Wildman–Crippen MR) is 96.5 cm³/mol. The number of benzene rings is 2. The van der Waals surface area contributed by atoms with E-state index in [2.05, 4.69) is 39.7 Å². The van der Waals surface area contributed by atoms with Crippen LogP contribution in [0.5, 0.6) is 0 Å². The quantitative estimate of drug-likeness (QED) is 0.601. The Kier molecular flexibility index (Phi) is 3.58. The molecule has 2 aromatic heterocycles. The lowest BCUT2D eigenvalue weighted by atomic mass is 9.99. The Morgan fingerprint density at radius 2 is 1.79 bits per heavy atom. The zero-order chi connectivity index (χ0) is 16.7. The molecule has 1 N–H and O–H groups in total. The molecule has 0 bridgehead atoms. The summed E-state index contributed by atoms with van der Waals surface area (Å²) in [7, 11) is 0. The second kappa shape index (κ2) is 5.76. The Hall–Kier alpha value is -2.66. The first-order chi connectivity index (χ1) is 11.6. The van der Waals surface area contributed by atoms with E-state index >= 15 is 0 Å². The number of rotatable bonds is 3. The number of fused-ring (bicyclic) bond motifs is 2. The van der Waals surface area contributed by atoms with Crippen molar-refractivity contribution in [2.75, 3.05) is 5.32 Å². The van der Waals surface area contributed by atoms with Crippen LogP contribution in [0.15, 0.2) is 48.5 Å². The fourth-order valence-electron chi connectivity index (χ4n) is 2.94. The Morgan fingerprint density at radius 3 is 2.62 bits per heavy atom. The molecule has 24 heavy (non-hydrogen) atoms. The van der Waals surface area contributed by atoms with E-state index in [1.165, 1.54) is 5.56 Å². The third kappa shape index (κ3) is 2.47. The van der Waals surface area contributed by atoms with Crippen molar-refractivity contribution in [2.24, 2.45) is 0 Å². The minimum absolute atomic E-state index is 0.0777. The van der Waals surface area contributed by atoms with Crippen LogP contribution in [0.2, 0.25) is 5.02 Å². The van der Waals surface area contributed by atoms with Crippen molar-refractivity contribution >= 4 is 33.8 Å². The Morgan fingerprint density at radius 1 is 1.00 bits per heavy atom. The molecular weight excluding hydrogens is 322 g/mol. The van der Waals surface area contributed by atoms with E-state index in [-0.39, 0.29) is 6.04 Å². The zero-order valence-electron chi connectivity index (χ0n) is 13.4. The predicted octanol–water partition coefficient (Wildman–Crippen LogP) is 4.41. The van der Waals surface area contributed by atoms with Gasteiger partial charge in [-0.15, -0.1) is 15.3 Å². The lowest BCUT2D eigenvalue weighted by Gasteiger charge is -2.17. The van der Waals surface area contributed by atoms with Crippen LogP contribution in [-0.2, 0) is 0 Å². The monoisotopic (exact) mass is 337 g/mol. The molecule has 4 aromatic rings. The van der Waals surface area contributed by atoms with Gasteiger partial charge in [0.05, 0.1) is 6.04 Å². The van der Waals surface area contributed by atoms with Crippen molar-refractivity contribution in [2.45, 2.75) is 19.9 Å². The second-order valence-electron chi connectivity index (χ2n) is 5.78. The van der Waals surface area contributed by atoms with E-state index in [4.69, 9.17) is 11.6 Å². The number of halogens is 1. The van der Waals surface area contributed by atoms with Gasteiger partial charge in [-0.2, -0.15) is 4.52 Å². The first kappa shape index (κ1) is 14.9. The van der Waals surface area contributed by atoms with Crippen LogP contribution < -0.4 is 5.32 Å². The van der Waals surface area contributed by atoms with Crippen LogP contribution in [0.4, 0.5) is 5.82 Å². The maximum Gasteiger partial charge on any atom is 0.178 e. The minimum atomic E-state index is 0.0777. The van der Waals surface area contributed by atoms with Crippen molar-refractivity contribution in [3.8, 4) is 0 Å². The highest BCUT2D eigenvalue weighted by Crippen LogP contribution is 2.31. The number of nitrogens with one attached hydrogen (secondary N) is 1. The largest absolute Gasteiger partial charge is 0.362 e. The molecule has 0 saturated heterocycles. The van der Waals surface area contributed by atoms with Crippen LogP contribution in [0, 0.1) is 6.92 Å². The maximum atomic E-state index is 6.31. The lowest BCUT2D eigenvalue weighted by Crippen LogP contribution is -2.10. The van der Waals surface area contributed by atoms with Gasteiger partial charge in [-0.3, -0.25) is 0 Å². The Labute approximate surface area is 144 Å². The maximum absolute atomic E-state index is 6.31. The zero-order valence-corrected chi connectivity index (χ0v) is 14.1. The molecule has 2 aromatic carbocycles. The van der Waals surface area contributed by atoms with Crippen molar-refractivity contribution in [3.05, 3.63) is 64.9 Å². The normalized spacial score (nSPS) is 12.6. The molecule has 0 aliphatic heterocycles. The van der Waals surface area contributed by atoms with Crippen LogP contribution in [0.1, 0.15) is 24.4 Å². The van der Waals surface area contributed by atoms with Crippen LogP contribution in [0.3, 0.4) is 0 Å². The van der Waals surface area contributed by atoms with Gasteiger partial charge >= 0.3 is 0 Å². The summed E-state index contributed by atoms with van der Waals surface area (Å²) in [6, 6.07) is 16.1. The highest BCUT2D eigenvalue weighted by atomic mass is 35.5. The number of hydrogen-bond donors (Lipinski definition) is 1. The van der Waals surface area contributed by atoms with Gasteiger partial charge in [0.2, 0.25) is 0 Å². The van der Waals surface area contributed by atoms with E-state index in [1.54, 1.807) is 4.52 Å². The summed E-state index contributed by atoms with van der Waals surface area (Å²) < 4.78 is 1.73. The second-order valence-corrected chi connectivity index (χ2v) is 6.19. The third-order valence-electron chi connectivity index (χ3n) is 4.15. The lowest BCUT2D eigenvalue weighted by molar-refractivity contribution is 0.833. The number of aromatic nitrogens is 4. The average Bonchev–Trinajstić information content (AvgIpc) is 2.96. The van der Waals surface area contributed by atoms with Gasteiger partial charge in [-0.25, -0.2) is 0 Å². The Bertz CT molecular complexity index is 1040. The third-order valence-corrected chi connectivity index (χ3v) is 4.48. The van der Waals surface area contributed by atoms with Gasteiger partial charge in [-0.1, -0.05) is 41.9 Å². The van der Waals surface area contributed by atoms with E-state index in [1.807, 2.05) is 43.3 Å². The molecule has 120 valence electrons. The van der Waals surface area contributed by atoms with Crippen LogP contribution in [-0.4, -0.2) is 19.8 Å². The minimum Gasteiger partial charge on any atom is -0.362 e. The van der Waals surface area contributed by atoms with Crippen LogP contribution >= 0.6 is 11.6 Å². The summed E-state index contributed by atoms with van der Waals surface area (Å²) in [6.07, 6.45) is 0. The van der Waals surface area contributed by atoms with E-state index in [0.29, 0.717) is 0 Å². The molecular formula is C18H16ClN5. The molecule has 1 unspecified atom stereocenters. The van der Waals surface area contributed by atoms with Crippen molar-refractivity contribution in [1.29, 1.82) is 0 Å². The molecule has 1 atom stereocenters. The molecule has 0 aliphatic carbocycles. The summed E-state index contributed by atoms with van der Waals surface area (Å²) in [5, 5.41) is 19.1. The molecule has 2 heterocycles. The van der Waals surface area contributed by atoms with E-state index in [9.17, 15) is 0 Å². The molecule has 0 fully saturated rings. The molecule has 4 rings (SSSR count). The van der Waals surface area contributed by atoms with Gasteiger partial charge in [0.1, 0.15) is 5.82 Å². The van der Waals surface area contributed by atoms with E-state index in [0.717, 1.165) is 33.1 Å². The van der Waals surface area contributed by atoms with Gasteiger partial charge in [0, 0.05) is 10.4 Å². The van der Waals surface area contributed by atoms with Crippen molar-refractivity contribution < 1.29 is 0 Å². The highest BCUT2D eigenvalue weighted by molar-refractivity contribution is 6.35. The smallest absolute Gasteiger partial charge is 0.178 e. The number of anilines is 1. The van der Waals surface area contributed by atoms with Crippen LogP contribution in [0.25, 0.3) is 16.4 Å². The summed E-state index contributed by atoms with van der Waals surface area (Å²) in [4.78, 5) is 0. The van der Waals surface area contributed by atoms with Gasteiger partial charge in [0.25, 0.3) is 0 Å². The molecule has 5 nitrogen and oxygen atoms in total. The first-order valence-electron chi connectivity index (χ1n) is 7.76. The van der Waals surface area contributed by atoms with Gasteiger partial charge in [-0.05, 0) is 43.0 Å². The standard InChI is InChI=1S/C18H16ClN5/c1-11(13-7-8-16(19)15-6-4-3-5-14(13)15)20-17-9-10-18-22-21-12(2)24(18)23-17/h3-11H,1-2H3,(H,20,23). The topological polar surface area (TPSA) is 55.1 Å². The molecule has 0 radical (unpaired) electrons. The first-order valence-corrected chi connectivity index (χ1v) is 8.14. The number of nitrogens with zero attached hydrogens (tertiary/aromatic N) is 4. The average molecular weight is 338 g/mol. The van der Waals surface area contributed by atoms with E-state index < -0.39 is 0 Å². The Balaban J connectivity index is 1.72. The van der Waals surface area contributed by atoms with Crippen molar-refractivity contribution in [1.82, 2.24) is 19.8 Å². The van der Waals surface area contributed by atoms with Gasteiger partial charge in [0.15, 0.2) is 11.5 Å². The summed E-state index contributed by atoms with van der Waals surface area (Å²) in [5.41, 5.74) is 1.92. The summed E-state index contributed by atoms with van der Waals surface area (Å²) >= 11 is 6.31. The molecule has 0 spiro atoms. The fraction of sp³-hybridized carbons (Fsp3) is 0.167. The fourth-order valence-corrected chi connectivity index (χ4v) is 3.16. The number of aryl methyl sites for hydroxylation is 1. The summed E-state index contributed by atoms with van der Waals surface area (Å²) in [5.74, 6) is 1.54. The van der Waals surface area contributed by atoms with Crippen molar-refractivity contribution in [3.63, 3.8) is 0 Å². The summed E-state index contributed by atoms with van der Waals surface area (Å²) in [6.45, 7) is 3.99. The SMILES string of the molecule is Cc1nnc2ccc(NC(C)c3ccc(Cl)c4ccccc34)nn12. The highest BCUT2D eigenvalue weighted by Gasteiger charge is 2.12. The van der Waals surface area contributed by atoms with Gasteiger partial charge < -0.3 is 5.32 Å². The number of hydrogen-bond acceptors (Lipinski definition) is 4. The molecule has 0 aliphatic rings.